The van der Waals surface area contributed by atoms with Gasteiger partial charge >= 0.3 is 0 Å². The number of aromatic nitrogens is 1. The first-order chi connectivity index (χ1) is 9.52. The minimum absolute atomic E-state index is 0.681. The molecule has 20 heavy (non-hydrogen) atoms. The molecule has 102 valence electrons. The second kappa shape index (κ2) is 6.30. The fraction of sp³-hybridized carbons (Fsp3) is 0.250. The average molecular weight is 303 g/mol. The molecular weight excluding hydrogens is 288 g/mol. The summed E-state index contributed by atoms with van der Waals surface area (Å²) in [5, 5.41) is 10.9. The van der Waals surface area contributed by atoms with Crippen LogP contribution < -0.4 is 0 Å². The summed E-state index contributed by atoms with van der Waals surface area (Å²) in [6.07, 6.45) is 0. The third kappa shape index (κ3) is 3.15. The van der Waals surface area contributed by atoms with Crippen LogP contribution in [-0.4, -0.2) is 4.98 Å². The van der Waals surface area contributed by atoms with Crippen molar-refractivity contribution in [2.75, 3.05) is 0 Å². The van der Waals surface area contributed by atoms with Crippen molar-refractivity contribution in [1.82, 2.24) is 4.98 Å². The van der Waals surface area contributed by atoms with Gasteiger partial charge in [-0.3, -0.25) is 0 Å². The van der Waals surface area contributed by atoms with Gasteiger partial charge in [0, 0.05) is 16.5 Å². The molecule has 1 aromatic heterocycles. The first-order valence-corrected chi connectivity index (χ1v) is 7.64. The molecule has 0 bridgehead atoms. The number of aryl methyl sites for hydroxylation is 1. The summed E-state index contributed by atoms with van der Waals surface area (Å²) in [4.78, 5) is 4.55. The normalized spacial score (nSPS) is 10.3. The third-order valence-corrected chi connectivity index (χ3v) is 4.62. The second-order valence-corrected chi connectivity index (χ2v) is 6.06. The Kier molecular flexibility index (Phi) is 4.69. The van der Waals surface area contributed by atoms with E-state index in [1.807, 2.05) is 45.0 Å². The van der Waals surface area contributed by atoms with E-state index in [2.05, 4.69) is 11.1 Å². The van der Waals surface area contributed by atoms with Crippen LogP contribution in [0.1, 0.15) is 27.9 Å². The molecule has 0 saturated carbocycles. The summed E-state index contributed by atoms with van der Waals surface area (Å²) < 4.78 is 0. The average Bonchev–Trinajstić information content (AvgIpc) is 2.43. The highest BCUT2D eigenvalue weighted by atomic mass is 35.5. The number of benzene rings is 1. The lowest BCUT2D eigenvalue weighted by molar-refractivity contribution is 0.998. The molecule has 0 saturated heterocycles. The van der Waals surface area contributed by atoms with Crippen molar-refractivity contribution < 1.29 is 0 Å². The van der Waals surface area contributed by atoms with Crippen molar-refractivity contribution in [3.63, 3.8) is 0 Å². The van der Waals surface area contributed by atoms with Crippen LogP contribution in [0.4, 0.5) is 0 Å². The van der Waals surface area contributed by atoms with E-state index in [0.717, 1.165) is 38.2 Å². The maximum Gasteiger partial charge on any atom is 0.115 e. The Balaban J connectivity index is 2.28. The Hall–Kier alpha value is -1.50. The molecule has 0 N–H and O–H groups in total. The Morgan fingerprint density at radius 3 is 2.65 bits per heavy atom. The van der Waals surface area contributed by atoms with Gasteiger partial charge in [0.05, 0.1) is 5.56 Å². The van der Waals surface area contributed by atoms with Crippen LogP contribution in [0.15, 0.2) is 29.3 Å². The van der Waals surface area contributed by atoms with Crippen molar-refractivity contribution >= 4 is 23.4 Å². The monoisotopic (exact) mass is 302 g/mol. The zero-order valence-electron chi connectivity index (χ0n) is 11.7. The summed E-state index contributed by atoms with van der Waals surface area (Å²) in [6, 6.07) is 10.0. The number of hydrogen-bond donors (Lipinski definition) is 0. The minimum Gasteiger partial charge on any atom is -0.245 e. The molecule has 2 nitrogen and oxygen atoms in total. The van der Waals surface area contributed by atoms with E-state index in [9.17, 15) is 5.26 Å². The molecule has 0 aliphatic rings. The molecule has 0 amide bonds. The first kappa shape index (κ1) is 14.9. The van der Waals surface area contributed by atoms with Gasteiger partial charge in [0.25, 0.3) is 0 Å². The molecule has 2 aromatic rings. The van der Waals surface area contributed by atoms with Crippen molar-refractivity contribution in [2.45, 2.75) is 31.6 Å². The van der Waals surface area contributed by atoms with E-state index in [4.69, 9.17) is 11.6 Å². The van der Waals surface area contributed by atoms with Crippen LogP contribution in [0.3, 0.4) is 0 Å². The fourth-order valence-electron chi connectivity index (χ4n) is 1.93. The summed E-state index contributed by atoms with van der Waals surface area (Å²) in [6.45, 7) is 5.96. The van der Waals surface area contributed by atoms with E-state index >= 15 is 0 Å². The van der Waals surface area contributed by atoms with Gasteiger partial charge in [-0.1, -0.05) is 23.7 Å². The summed E-state index contributed by atoms with van der Waals surface area (Å²) >= 11 is 7.56. The quantitative estimate of drug-likeness (QED) is 0.762. The van der Waals surface area contributed by atoms with Crippen molar-refractivity contribution in [1.29, 1.82) is 5.26 Å². The molecule has 0 fully saturated rings. The fourth-order valence-corrected chi connectivity index (χ4v) is 3.17. The number of nitrogens with zero attached hydrogens (tertiary/aromatic N) is 2. The van der Waals surface area contributed by atoms with E-state index in [0.29, 0.717) is 5.56 Å². The zero-order valence-corrected chi connectivity index (χ0v) is 13.3. The highest BCUT2D eigenvalue weighted by Crippen LogP contribution is 2.29. The van der Waals surface area contributed by atoms with Gasteiger partial charge in [-0.15, -0.1) is 11.8 Å². The summed E-state index contributed by atoms with van der Waals surface area (Å²) in [5.41, 5.74) is 4.90. The van der Waals surface area contributed by atoms with Crippen molar-refractivity contribution in [3.8, 4) is 6.07 Å². The van der Waals surface area contributed by atoms with Crippen molar-refractivity contribution in [2.24, 2.45) is 0 Å². The molecule has 0 radical (unpaired) electrons. The number of hydrogen-bond acceptors (Lipinski definition) is 3. The molecule has 0 aliphatic carbocycles. The summed E-state index contributed by atoms with van der Waals surface area (Å²) in [7, 11) is 0. The molecule has 0 atom stereocenters. The van der Waals surface area contributed by atoms with E-state index in [-0.39, 0.29) is 0 Å². The van der Waals surface area contributed by atoms with Gasteiger partial charge in [-0.25, -0.2) is 4.98 Å². The predicted octanol–water partition coefficient (Wildman–Crippen LogP) is 4.82. The molecule has 2 rings (SSSR count). The Bertz CT molecular complexity index is 690. The number of halogens is 1. The van der Waals surface area contributed by atoms with Gasteiger partial charge in [0.1, 0.15) is 11.1 Å². The highest BCUT2D eigenvalue weighted by molar-refractivity contribution is 7.98. The van der Waals surface area contributed by atoms with Crippen LogP contribution in [0.5, 0.6) is 0 Å². The molecule has 1 aromatic carbocycles. The standard InChI is InChI=1S/C16H15ClN2S/c1-10-11(2)15(8-18)16(19-12(10)3)20-9-13-5-4-6-14(17)7-13/h4-7H,9H2,1-3H3. The van der Waals surface area contributed by atoms with Gasteiger partial charge in [-0.05, 0) is 49.6 Å². The van der Waals surface area contributed by atoms with Crippen LogP contribution in [0.2, 0.25) is 5.02 Å². The first-order valence-electron chi connectivity index (χ1n) is 6.28. The Morgan fingerprint density at radius 1 is 1.25 bits per heavy atom. The maximum atomic E-state index is 9.33. The van der Waals surface area contributed by atoms with E-state index < -0.39 is 0 Å². The molecule has 0 aliphatic heterocycles. The van der Waals surface area contributed by atoms with Gasteiger partial charge in [-0.2, -0.15) is 5.26 Å². The zero-order chi connectivity index (χ0) is 14.7. The van der Waals surface area contributed by atoms with Crippen LogP contribution in [-0.2, 0) is 5.75 Å². The minimum atomic E-state index is 0.681. The number of nitriles is 1. The van der Waals surface area contributed by atoms with E-state index in [1.54, 1.807) is 11.8 Å². The molecule has 0 unspecified atom stereocenters. The number of rotatable bonds is 3. The maximum absolute atomic E-state index is 9.33. The van der Waals surface area contributed by atoms with Crippen LogP contribution >= 0.6 is 23.4 Å². The summed E-state index contributed by atoms with van der Waals surface area (Å²) in [5.74, 6) is 0.754. The van der Waals surface area contributed by atoms with Gasteiger partial charge in [0.2, 0.25) is 0 Å². The second-order valence-electron chi connectivity index (χ2n) is 4.66. The van der Waals surface area contributed by atoms with E-state index in [1.165, 1.54) is 0 Å². The lowest BCUT2D eigenvalue weighted by Gasteiger charge is -2.11. The SMILES string of the molecule is Cc1nc(SCc2cccc(Cl)c2)c(C#N)c(C)c1C. The molecule has 1 heterocycles. The number of pyridine rings is 1. The lowest BCUT2D eigenvalue weighted by atomic mass is 10.1. The van der Waals surface area contributed by atoms with Gasteiger partial charge < -0.3 is 0 Å². The lowest BCUT2D eigenvalue weighted by Crippen LogP contribution is -1.99. The highest BCUT2D eigenvalue weighted by Gasteiger charge is 2.12. The number of thioether (sulfide) groups is 1. The Morgan fingerprint density at radius 2 is 2.00 bits per heavy atom. The Labute approximate surface area is 128 Å². The smallest absolute Gasteiger partial charge is 0.115 e. The van der Waals surface area contributed by atoms with Crippen LogP contribution in [0, 0.1) is 32.1 Å². The molecular formula is C16H15ClN2S. The molecule has 0 spiro atoms. The van der Waals surface area contributed by atoms with Crippen molar-refractivity contribution in [3.05, 3.63) is 57.2 Å². The van der Waals surface area contributed by atoms with Crippen LogP contribution in [0.25, 0.3) is 0 Å². The topological polar surface area (TPSA) is 36.7 Å². The predicted molar refractivity (Wildman–Crippen MR) is 84.2 cm³/mol. The third-order valence-electron chi connectivity index (χ3n) is 3.34. The van der Waals surface area contributed by atoms with Gasteiger partial charge in [0.15, 0.2) is 0 Å². The molecule has 4 heteroatoms. The largest absolute Gasteiger partial charge is 0.245 e.